The SMILES string of the molecule is CC(=O)NC1CCC(O)CC1C. The Balaban J connectivity index is 2.39. The van der Waals surface area contributed by atoms with Gasteiger partial charge in [0.05, 0.1) is 6.10 Å². The molecule has 0 aromatic heterocycles. The molecule has 0 spiro atoms. The summed E-state index contributed by atoms with van der Waals surface area (Å²) in [7, 11) is 0. The maximum Gasteiger partial charge on any atom is 0.217 e. The molecule has 0 aliphatic heterocycles. The molecule has 1 amide bonds. The van der Waals surface area contributed by atoms with E-state index in [2.05, 4.69) is 12.2 Å². The fourth-order valence-corrected chi connectivity index (χ4v) is 1.84. The molecule has 0 aromatic rings. The molecule has 3 nitrogen and oxygen atoms in total. The Morgan fingerprint density at radius 1 is 1.50 bits per heavy atom. The van der Waals surface area contributed by atoms with Gasteiger partial charge in [0.15, 0.2) is 0 Å². The second kappa shape index (κ2) is 3.90. The van der Waals surface area contributed by atoms with Crippen LogP contribution >= 0.6 is 0 Å². The van der Waals surface area contributed by atoms with Crippen molar-refractivity contribution >= 4 is 5.91 Å². The van der Waals surface area contributed by atoms with Crippen LogP contribution in [-0.4, -0.2) is 23.2 Å². The van der Waals surface area contributed by atoms with E-state index in [0.717, 1.165) is 19.3 Å². The van der Waals surface area contributed by atoms with Crippen LogP contribution in [0.3, 0.4) is 0 Å². The first-order valence-electron chi connectivity index (χ1n) is 4.54. The second-order valence-electron chi connectivity index (χ2n) is 3.75. The Morgan fingerprint density at radius 2 is 2.17 bits per heavy atom. The van der Waals surface area contributed by atoms with E-state index in [0.29, 0.717) is 5.92 Å². The zero-order valence-electron chi connectivity index (χ0n) is 7.71. The van der Waals surface area contributed by atoms with Crippen molar-refractivity contribution < 1.29 is 9.90 Å². The average Bonchev–Trinajstić information content (AvgIpc) is 1.94. The lowest BCUT2D eigenvalue weighted by atomic mass is 9.84. The van der Waals surface area contributed by atoms with Crippen LogP contribution in [0.25, 0.3) is 0 Å². The molecule has 0 radical (unpaired) electrons. The predicted octanol–water partition coefficient (Wildman–Crippen LogP) is 0.672. The van der Waals surface area contributed by atoms with Crippen LogP contribution in [0.4, 0.5) is 0 Å². The van der Waals surface area contributed by atoms with E-state index < -0.39 is 0 Å². The van der Waals surface area contributed by atoms with E-state index in [1.165, 1.54) is 6.92 Å². The van der Waals surface area contributed by atoms with Gasteiger partial charge < -0.3 is 10.4 Å². The van der Waals surface area contributed by atoms with Crippen molar-refractivity contribution in [2.24, 2.45) is 5.92 Å². The zero-order valence-corrected chi connectivity index (χ0v) is 7.71. The molecule has 0 saturated heterocycles. The van der Waals surface area contributed by atoms with Gasteiger partial charge in [0.1, 0.15) is 0 Å². The van der Waals surface area contributed by atoms with Crippen molar-refractivity contribution in [1.82, 2.24) is 5.32 Å². The molecule has 70 valence electrons. The van der Waals surface area contributed by atoms with E-state index in [9.17, 15) is 9.90 Å². The molecule has 1 rings (SSSR count). The number of aliphatic hydroxyl groups excluding tert-OH is 1. The van der Waals surface area contributed by atoms with Gasteiger partial charge in [-0.25, -0.2) is 0 Å². The standard InChI is InChI=1S/C9H17NO2/c1-6-5-8(12)3-4-9(6)10-7(2)11/h6,8-9,12H,3-5H2,1-2H3,(H,10,11). The Labute approximate surface area is 73.2 Å². The Bertz CT molecular complexity index is 170. The van der Waals surface area contributed by atoms with Crippen molar-refractivity contribution in [2.75, 3.05) is 0 Å². The van der Waals surface area contributed by atoms with E-state index in [-0.39, 0.29) is 18.1 Å². The maximum atomic E-state index is 10.8. The smallest absolute Gasteiger partial charge is 0.217 e. The van der Waals surface area contributed by atoms with Gasteiger partial charge in [-0.2, -0.15) is 0 Å². The van der Waals surface area contributed by atoms with Gasteiger partial charge in [-0.15, -0.1) is 0 Å². The van der Waals surface area contributed by atoms with Crippen LogP contribution in [-0.2, 0) is 4.79 Å². The topological polar surface area (TPSA) is 49.3 Å². The summed E-state index contributed by atoms with van der Waals surface area (Å²) in [6.45, 7) is 3.61. The number of carbonyl (C=O) groups is 1. The van der Waals surface area contributed by atoms with Crippen LogP contribution < -0.4 is 5.32 Å². The van der Waals surface area contributed by atoms with Gasteiger partial charge in [-0.3, -0.25) is 4.79 Å². The summed E-state index contributed by atoms with van der Waals surface area (Å²) in [6.07, 6.45) is 2.37. The molecule has 1 fully saturated rings. The van der Waals surface area contributed by atoms with Crippen LogP contribution in [0.15, 0.2) is 0 Å². The predicted molar refractivity (Wildman–Crippen MR) is 46.6 cm³/mol. The summed E-state index contributed by atoms with van der Waals surface area (Å²) in [5.41, 5.74) is 0. The van der Waals surface area contributed by atoms with Crippen LogP contribution in [0.1, 0.15) is 33.1 Å². The minimum atomic E-state index is -0.162. The van der Waals surface area contributed by atoms with E-state index in [4.69, 9.17) is 0 Å². The van der Waals surface area contributed by atoms with E-state index in [1.807, 2.05) is 0 Å². The normalized spacial score (nSPS) is 36.1. The minimum absolute atomic E-state index is 0.0308. The van der Waals surface area contributed by atoms with Gasteiger partial charge in [0, 0.05) is 13.0 Å². The maximum absolute atomic E-state index is 10.8. The van der Waals surface area contributed by atoms with Crippen LogP contribution in [0, 0.1) is 5.92 Å². The number of rotatable bonds is 1. The number of carbonyl (C=O) groups excluding carboxylic acids is 1. The third-order valence-corrected chi connectivity index (χ3v) is 2.53. The fraction of sp³-hybridized carbons (Fsp3) is 0.889. The Morgan fingerprint density at radius 3 is 2.67 bits per heavy atom. The Kier molecular flexibility index (Phi) is 3.09. The molecule has 1 saturated carbocycles. The average molecular weight is 171 g/mol. The minimum Gasteiger partial charge on any atom is -0.393 e. The summed E-state index contributed by atoms with van der Waals surface area (Å²) in [5.74, 6) is 0.431. The van der Waals surface area contributed by atoms with Crippen molar-refractivity contribution in [2.45, 2.75) is 45.3 Å². The van der Waals surface area contributed by atoms with Crippen molar-refractivity contribution in [3.8, 4) is 0 Å². The lowest BCUT2D eigenvalue weighted by molar-refractivity contribution is -0.120. The number of hydrogen-bond donors (Lipinski definition) is 2. The monoisotopic (exact) mass is 171 g/mol. The number of hydrogen-bond acceptors (Lipinski definition) is 2. The highest BCUT2D eigenvalue weighted by atomic mass is 16.3. The summed E-state index contributed by atoms with van der Waals surface area (Å²) in [4.78, 5) is 10.8. The fourth-order valence-electron chi connectivity index (χ4n) is 1.84. The summed E-state index contributed by atoms with van der Waals surface area (Å²) >= 11 is 0. The third kappa shape index (κ3) is 2.48. The van der Waals surface area contributed by atoms with Crippen LogP contribution in [0.5, 0.6) is 0 Å². The molecule has 1 aliphatic rings. The molecule has 3 heteroatoms. The molecule has 1 aliphatic carbocycles. The van der Waals surface area contributed by atoms with Crippen molar-refractivity contribution in [3.63, 3.8) is 0 Å². The van der Waals surface area contributed by atoms with Gasteiger partial charge in [0.25, 0.3) is 0 Å². The van der Waals surface area contributed by atoms with Gasteiger partial charge in [0.2, 0.25) is 5.91 Å². The quantitative estimate of drug-likeness (QED) is 0.609. The summed E-state index contributed by atoms with van der Waals surface area (Å²) in [5, 5.41) is 12.2. The zero-order chi connectivity index (χ0) is 9.14. The first kappa shape index (κ1) is 9.52. The molecular formula is C9H17NO2. The number of nitrogens with one attached hydrogen (secondary N) is 1. The van der Waals surface area contributed by atoms with Gasteiger partial charge in [-0.1, -0.05) is 6.92 Å². The molecule has 0 heterocycles. The molecule has 0 bridgehead atoms. The summed E-state index contributed by atoms with van der Waals surface area (Å²) in [6, 6.07) is 0.269. The number of amides is 1. The number of aliphatic hydroxyl groups is 1. The molecule has 0 aromatic carbocycles. The van der Waals surface area contributed by atoms with E-state index in [1.54, 1.807) is 0 Å². The second-order valence-corrected chi connectivity index (χ2v) is 3.75. The largest absolute Gasteiger partial charge is 0.393 e. The van der Waals surface area contributed by atoms with Crippen molar-refractivity contribution in [3.05, 3.63) is 0 Å². The lowest BCUT2D eigenvalue weighted by Gasteiger charge is -2.32. The first-order chi connectivity index (χ1) is 5.59. The summed E-state index contributed by atoms with van der Waals surface area (Å²) < 4.78 is 0. The van der Waals surface area contributed by atoms with E-state index >= 15 is 0 Å². The lowest BCUT2D eigenvalue weighted by Crippen LogP contribution is -2.42. The van der Waals surface area contributed by atoms with Crippen molar-refractivity contribution in [1.29, 1.82) is 0 Å². The highest BCUT2D eigenvalue weighted by molar-refractivity contribution is 5.73. The molecule has 3 atom stereocenters. The van der Waals surface area contributed by atoms with Crippen LogP contribution in [0.2, 0.25) is 0 Å². The molecular weight excluding hydrogens is 154 g/mol. The molecule has 12 heavy (non-hydrogen) atoms. The molecule has 2 N–H and O–H groups in total. The van der Waals surface area contributed by atoms with Gasteiger partial charge in [-0.05, 0) is 25.2 Å². The molecule has 3 unspecified atom stereocenters. The highest BCUT2D eigenvalue weighted by Crippen LogP contribution is 2.24. The Hall–Kier alpha value is -0.570. The third-order valence-electron chi connectivity index (χ3n) is 2.53. The first-order valence-corrected chi connectivity index (χ1v) is 4.54. The van der Waals surface area contributed by atoms with Gasteiger partial charge >= 0.3 is 0 Å². The highest BCUT2D eigenvalue weighted by Gasteiger charge is 2.26.